The molecule has 0 amide bonds. The van der Waals surface area contributed by atoms with E-state index in [4.69, 9.17) is 28.4 Å². The third kappa shape index (κ3) is 30.7. The van der Waals surface area contributed by atoms with Crippen molar-refractivity contribution in [3.8, 4) is 0 Å². The lowest BCUT2D eigenvalue weighted by molar-refractivity contribution is -0.146. The third-order valence-corrected chi connectivity index (χ3v) is 7.13. The number of hydrogen-bond acceptors (Lipinski definition) is 10. The molecule has 262 valence electrons. The van der Waals surface area contributed by atoms with Crippen LogP contribution in [0.2, 0.25) is 0 Å². The van der Waals surface area contributed by atoms with Crippen LogP contribution < -0.4 is 0 Å². The van der Waals surface area contributed by atoms with Gasteiger partial charge in [0, 0.05) is 78.5 Å². The predicted molar refractivity (Wildman–Crippen MR) is 176 cm³/mol. The van der Waals surface area contributed by atoms with E-state index in [0.717, 1.165) is 104 Å². The number of carbonyl (C=O) groups excluding carboxylic acids is 2. The van der Waals surface area contributed by atoms with Crippen molar-refractivity contribution in [2.45, 2.75) is 105 Å². The second kappa shape index (κ2) is 34.6. The molecule has 0 unspecified atom stereocenters. The van der Waals surface area contributed by atoms with Gasteiger partial charge in [-0.25, -0.2) is 0 Å². The van der Waals surface area contributed by atoms with Crippen LogP contribution in [0.25, 0.3) is 0 Å². The molecule has 0 heterocycles. The summed E-state index contributed by atoms with van der Waals surface area (Å²) in [5.74, 6) is -0.454. The first-order valence-corrected chi connectivity index (χ1v) is 17.6. The number of rotatable bonds is 35. The molecule has 0 spiro atoms. The Labute approximate surface area is 269 Å². The van der Waals surface area contributed by atoms with Gasteiger partial charge in [0.15, 0.2) is 0 Å². The Kier molecular flexibility index (Phi) is 33.5. The molecule has 0 saturated heterocycles. The Morgan fingerprint density at radius 1 is 0.386 bits per heavy atom. The van der Waals surface area contributed by atoms with Gasteiger partial charge in [0.25, 0.3) is 0 Å². The van der Waals surface area contributed by atoms with Gasteiger partial charge in [0.05, 0.1) is 26.4 Å². The molecule has 0 radical (unpaired) electrons. The van der Waals surface area contributed by atoms with E-state index in [1.807, 2.05) is 0 Å². The van der Waals surface area contributed by atoms with Crippen LogP contribution in [0.1, 0.15) is 105 Å². The summed E-state index contributed by atoms with van der Waals surface area (Å²) >= 11 is 0. The largest absolute Gasteiger partial charge is 0.464 e. The Bertz CT molecular complexity index is 546. The third-order valence-electron chi connectivity index (χ3n) is 7.13. The fourth-order valence-electron chi connectivity index (χ4n) is 4.10. The summed E-state index contributed by atoms with van der Waals surface area (Å²) in [5.41, 5.74) is 0. The summed E-state index contributed by atoms with van der Waals surface area (Å²) < 4.78 is 33.8. The van der Waals surface area contributed by atoms with Crippen LogP contribution in [0.5, 0.6) is 0 Å². The molecule has 0 aromatic carbocycles. The predicted octanol–water partition coefficient (Wildman–Crippen LogP) is 5.50. The van der Waals surface area contributed by atoms with E-state index in [9.17, 15) is 9.59 Å². The van der Waals surface area contributed by atoms with Crippen molar-refractivity contribution in [1.29, 1.82) is 0 Å². The molecule has 0 aliphatic carbocycles. The summed E-state index contributed by atoms with van der Waals surface area (Å²) in [6, 6.07) is 0. The highest BCUT2D eigenvalue weighted by molar-refractivity contribution is 5.70. The van der Waals surface area contributed by atoms with E-state index >= 15 is 0 Å². The number of ether oxygens (including phenoxy) is 6. The standard InChI is InChI=1S/C34H68N2O8/c1-5-9-23-39-27-17-35(18-28-40-24-10-6-2)21-31-43-33(37)15-13-14-16-34(38)44-32-22-36(19-29-41-25-11-7-3)20-30-42-26-12-8-4/h5-32H2,1-4H3. The van der Waals surface area contributed by atoms with E-state index in [1.165, 1.54) is 0 Å². The van der Waals surface area contributed by atoms with Crippen LogP contribution in [0, 0.1) is 0 Å². The smallest absolute Gasteiger partial charge is 0.305 e. The quantitative estimate of drug-likeness (QED) is 0.0658. The summed E-state index contributed by atoms with van der Waals surface area (Å²) in [6.07, 6.45) is 10.6. The molecule has 0 bridgehead atoms. The minimum atomic E-state index is -0.227. The van der Waals surface area contributed by atoms with Gasteiger partial charge in [-0.2, -0.15) is 0 Å². The first-order chi connectivity index (χ1) is 21.6. The van der Waals surface area contributed by atoms with Crippen molar-refractivity contribution in [2.24, 2.45) is 0 Å². The summed E-state index contributed by atoms with van der Waals surface area (Å²) in [6.45, 7) is 19.5. The zero-order chi connectivity index (χ0) is 32.4. The lowest BCUT2D eigenvalue weighted by Gasteiger charge is -2.22. The molecule has 0 aromatic heterocycles. The van der Waals surface area contributed by atoms with Gasteiger partial charge in [-0.3, -0.25) is 19.4 Å². The van der Waals surface area contributed by atoms with Gasteiger partial charge < -0.3 is 28.4 Å². The minimum Gasteiger partial charge on any atom is -0.464 e. The maximum Gasteiger partial charge on any atom is 0.305 e. The molecule has 0 aliphatic heterocycles. The van der Waals surface area contributed by atoms with Crippen molar-refractivity contribution >= 4 is 11.9 Å². The molecule has 0 rings (SSSR count). The number of unbranched alkanes of at least 4 members (excludes halogenated alkanes) is 5. The van der Waals surface area contributed by atoms with Crippen molar-refractivity contribution < 1.29 is 38.0 Å². The zero-order valence-electron chi connectivity index (χ0n) is 29.0. The summed E-state index contributed by atoms with van der Waals surface area (Å²) in [7, 11) is 0. The first-order valence-electron chi connectivity index (χ1n) is 17.6. The van der Waals surface area contributed by atoms with Gasteiger partial charge in [-0.1, -0.05) is 53.4 Å². The van der Waals surface area contributed by atoms with Crippen molar-refractivity contribution in [3.05, 3.63) is 0 Å². The SMILES string of the molecule is CCCCOCCN(CCOCCCC)CCOC(=O)CCCCC(=O)OCCN(CCOCCCC)CCOCCCC. The van der Waals surface area contributed by atoms with E-state index in [1.54, 1.807) is 0 Å². The molecular weight excluding hydrogens is 564 g/mol. The Hall–Kier alpha value is -1.30. The van der Waals surface area contributed by atoms with Crippen molar-refractivity contribution in [2.75, 3.05) is 105 Å². The van der Waals surface area contributed by atoms with Gasteiger partial charge >= 0.3 is 11.9 Å². The highest BCUT2D eigenvalue weighted by Gasteiger charge is 2.11. The van der Waals surface area contributed by atoms with E-state index in [-0.39, 0.29) is 11.9 Å². The second-order valence-electron chi connectivity index (χ2n) is 11.2. The molecule has 10 heteroatoms. The lowest BCUT2D eigenvalue weighted by atomic mass is 10.2. The summed E-state index contributed by atoms with van der Waals surface area (Å²) in [4.78, 5) is 28.9. The molecule has 10 nitrogen and oxygen atoms in total. The van der Waals surface area contributed by atoms with Gasteiger partial charge in [-0.15, -0.1) is 0 Å². The fourth-order valence-corrected chi connectivity index (χ4v) is 4.10. The van der Waals surface area contributed by atoms with Crippen LogP contribution in [-0.4, -0.2) is 127 Å². The number of carbonyl (C=O) groups is 2. The average Bonchev–Trinajstić information content (AvgIpc) is 3.02. The highest BCUT2D eigenvalue weighted by Crippen LogP contribution is 2.04. The van der Waals surface area contributed by atoms with Crippen LogP contribution >= 0.6 is 0 Å². The molecular formula is C34H68N2O8. The van der Waals surface area contributed by atoms with E-state index in [2.05, 4.69) is 37.5 Å². The van der Waals surface area contributed by atoms with Crippen LogP contribution in [0.3, 0.4) is 0 Å². The average molecular weight is 633 g/mol. The molecule has 0 saturated carbocycles. The number of hydrogen-bond donors (Lipinski definition) is 0. The minimum absolute atomic E-state index is 0.227. The number of esters is 2. The summed E-state index contributed by atoms with van der Waals surface area (Å²) in [5, 5.41) is 0. The zero-order valence-corrected chi connectivity index (χ0v) is 29.0. The maximum atomic E-state index is 12.2. The van der Waals surface area contributed by atoms with Crippen molar-refractivity contribution in [3.63, 3.8) is 0 Å². The topological polar surface area (TPSA) is 96.0 Å². The Morgan fingerprint density at radius 3 is 0.932 bits per heavy atom. The second-order valence-corrected chi connectivity index (χ2v) is 11.2. The number of nitrogens with zero attached hydrogens (tertiary/aromatic N) is 2. The van der Waals surface area contributed by atoms with Gasteiger partial charge in [-0.05, 0) is 38.5 Å². The molecule has 44 heavy (non-hydrogen) atoms. The van der Waals surface area contributed by atoms with Crippen LogP contribution in [0.15, 0.2) is 0 Å². The Balaban J connectivity index is 4.14. The van der Waals surface area contributed by atoms with E-state index < -0.39 is 0 Å². The monoisotopic (exact) mass is 632 g/mol. The Morgan fingerprint density at radius 2 is 0.659 bits per heavy atom. The highest BCUT2D eigenvalue weighted by atomic mass is 16.5. The van der Waals surface area contributed by atoms with Crippen LogP contribution in [0.4, 0.5) is 0 Å². The molecule has 0 N–H and O–H groups in total. The first kappa shape index (κ1) is 42.7. The van der Waals surface area contributed by atoms with E-state index in [0.29, 0.717) is 78.4 Å². The fraction of sp³-hybridized carbons (Fsp3) is 0.941. The van der Waals surface area contributed by atoms with Crippen molar-refractivity contribution in [1.82, 2.24) is 9.80 Å². The molecule has 0 fully saturated rings. The molecule has 0 atom stereocenters. The molecule has 0 aromatic rings. The van der Waals surface area contributed by atoms with Gasteiger partial charge in [0.1, 0.15) is 13.2 Å². The lowest BCUT2D eigenvalue weighted by Crippen LogP contribution is -2.34. The molecule has 0 aliphatic rings. The van der Waals surface area contributed by atoms with Gasteiger partial charge in [0.2, 0.25) is 0 Å². The maximum absolute atomic E-state index is 12.2. The normalized spacial score (nSPS) is 11.5. The van der Waals surface area contributed by atoms with Crippen LogP contribution in [-0.2, 0) is 38.0 Å².